The normalized spacial score (nSPS) is 13.8. The van der Waals surface area contributed by atoms with Crippen LogP contribution < -0.4 is 10.3 Å². The average Bonchev–Trinajstić information content (AvgIpc) is 2.89. The number of nitrogens with one attached hydrogen (secondary N) is 1. The van der Waals surface area contributed by atoms with Gasteiger partial charge in [0.25, 0.3) is 5.56 Å². The molecule has 0 atom stereocenters. The second-order valence-corrected chi connectivity index (χ2v) is 7.86. The molecule has 28 heavy (non-hydrogen) atoms. The summed E-state index contributed by atoms with van der Waals surface area (Å²) < 4.78 is 10.2. The fourth-order valence-corrected chi connectivity index (χ4v) is 4.79. The zero-order valence-corrected chi connectivity index (χ0v) is 16.6. The second-order valence-electron chi connectivity index (χ2n) is 6.78. The van der Waals surface area contributed by atoms with Gasteiger partial charge in [-0.25, -0.2) is 9.78 Å². The number of aromatic nitrogens is 2. The molecule has 2 aromatic heterocycles. The first-order chi connectivity index (χ1) is 13.7. The number of hydrogen-bond acceptors (Lipinski definition) is 6. The number of rotatable bonds is 5. The standard InChI is InChI=1S/C21H22N2O4S/c1-2-26-17(24)12-27-14-10-8-13(9-11-14)19-22-20(25)18-15-6-4-3-5-7-16(15)28-21(18)23-19/h8-11H,2-7,12H2,1H3,(H,22,23,25). The van der Waals surface area contributed by atoms with Gasteiger partial charge >= 0.3 is 5.97 Å². The highest BCUT2D eigenvalue weighted by molar-refractivity contribution is 7.18. The lowest BCUT2D eigenvalue weighted by Crippen LogP contribution is -2.14. The van der Waals surface area contributed by atoms with Crippen LogP contribution in [0, 0.1) is 0 Å². The number of benzene rings is 1. The highest BCUT2D eigenvalue weighted by Gasteiger charge is 2.19. The fraction of sp³-hybridized carbons (Fsp3) is 0.381. The first-order valence-electron chi connectivity index (χ1n) is 9.59. The number of H-pyrrole nitrogens is 1. The lowest BCUT2D eigenvalue weighted by Gasteiger charge is -2.07. The minimum atomic E-state index is -0.402. The van der Waals surface area contributed by atoms with Gasteiger partial charge in [-0.05, 0) is 62.4 Å². The second kappa shape index (κ2) is 8.14. The summed E-state index contributed by atoms with van der Waals surface area (Å²) in [6.07, 6.45) is 5.53. The van der Waals surface area contributed by atoms with Crippen molar-refractivity contribution in [1.29, 1.82) is 0 Å². The van der Waals surface area contributed by atoms with Gasteiger partial charge in [-0.3, -0.25) is 4.79 Å². The van der Waals surface area contributed by atoms with Gasteiger partial charge < -0.3 is 14.5 Å². The van der Waals surface area contributed by atoms with Crippen LogP contribution in [0.5, 0.6) is 5.75 Å². The van der Waals surface area contributed by atoms with Gasteiger partial charge in [0.2, 0.25) is 0 Å². The van der Waals surface area contributed by atoms with Crippen molar-refractivity contribution in [3.8, 4) is 17.1 Å². The Morgan fingerprint density at radius 1 is 1.18 bits per heavy atom. The molecule has 2 heterocycles. The molecule has 0 saturated carbocycles. The number of carbonyl (C=O) groups excluding carboxylic acids is 1. The van der Waals surface area contributed by atoms with Crippen LogP contribution >= 0.6 is 11.3 Å². The smallest absolute Gasteiger partial charge is 0.344 e. The van der Waals surface area contributed by atoms with Gasteiger partial charge in [0, 0.05) is 10.4 Å². The highest BCUT2D eigenvalue weighted by atomic mass is 32.1. The molecule has 0 amide bonds. The van der Waals surface area contributed by atoms with Crippen LogP contribution in [0.3, 0.4) is 0 Å². The number of thiophene rings is 1. The van der Waals surface area contributed by atoms with Crippen LogP contribution in [0.25, 0.3) is 21.6 Å². The largest absolute Gasteiger partial charge is 0.482 e. The van der Waals surface area contributed by atoms with Gasteiger partial charge in [-0.15, -0.1) is 11.3 Å². The average molecular weight is 398 g/mol. The van der Waals surface area contributed by atoms with E-state index in [-0.39, 0.29) is 12.2 Å². The summed E-state index contributed by atoms with van der Waals surface area (Å²) in [5.41, 5.74) is 1.92. The molecule has 1 aliphatic carbocycles. The molecule has 4 rings (SSSR count). The Bertz CT molecular complexity index is 1050. The minimum absolute atomic E-state index is 0.0676. The predicted octanol–water partition coefficient (Wildman–Crippen LogP) is 3.86. The molecule has 146 valence electrons. The fourth-order valence-electron chi connectivity index (χ4n) is 3.53. The maximum atomic E-state index is 12.8. The van der Waals surface area contributed by atoms with E-state index < -0.39 is 5.97 Å². The molecule has 0 fully saturated rings. The molecule has 7 heteroatoms. The highest BCUT2D eigenvalue weighted by Crippen LogP contribution is 2.33. The van der Waals surface area contributed by atoms with Crippen molar-refractivity contribution in [2.24, 2.45) is 0 Å². The SMILES string of the molecule is CCOC(=O)COc1ccc(-c2nc3sc4c(c3c(=O)[nH]2)CCCCC4)cc1. The Hall–Kier alpha value is -2.67. The first-order valence-corrected chi connectivity index (χ1v) is 10.4. The summed E-state index contributed by atoms with van der Waals surface area (Å²) in [4.78, 5) is 33.9. The lowest BCUT2D eigenvalue weighted by molar-refractivity contribution is -0.145. The lowest BCUT2D eigenvalue weighted by atomic mass is 10.1. The summed E-state index contributed by atoms with van der Waals surface area (Å²) in [7, 11) is 0. The molecular formula is C21H22N2O4S. The van der Waals surface area contributed by atoms with Gasteiger partial charge in [0.1, 0.15) is 16.4 Å². The van der Waals surface area contributed by atoms with Gasteiger partial charge in [0.05, 0.1) is 12.0 Å². The van der Waals surface area contributed by atoms with Crippen molar-refractivity contribution in [1.82, 2.24) is 9.97 Å². The molecule has 3 aromatic rings. The van der Waals surface area contributed by atoms with Gasteiger partial charge in [-0.2, -0.15) is 0 Å². The first kappa shape index (κ1) is 18.7. The summed E-state index contributed by atoms with van der Waals surface area (Å²) in [6.45, 7) is 1.95. The van der Waals surface area contributed by atoms with Crippen molar-refractivity contribution >= 4 is 27.5 Å². The van der Waals surface area contributed by atoms with E-state index in [2.05, 4.69) is 4.98 Å². The van der Waals surface area contributed by atoms with E-state index in [1.165, 1.54) is 23.3 Å². The Kier molecular flexibility index (Phi) is 5.43. The quantitative estimate of drug-likeness (QED) is 0.521. The molecule has 0 radical (unpaired) electrons. The molecule has 1 aromatic carbocycles. The number of aromatic amines is 1. The monoisotopic (exact) mass is 398 g/mol. The van der Waals surface area contributed by atoms with Gasteiger partial charge in [-0.1, -0.05) is 6.42 Å². The van der Waals surface area contributed by atoms with Crippen molar-refractivity contribution in [2.75, 3.05) is 13.2 Å². The van der Waals surface area contributed by atoms with Crippen molar-refractivity contribution < 1.29 is 14.3 Å². The zero-order chi connectivity index (χ0) is 19.5. The van der Waals surface area contributed by atoms with E-state index in [0.29, 0.717) is 18.2 Å². The van der Waals surface area contributed by atoms with Gasteiger partial charge in [0.15, 0.2) is 6.61 Å². The summed E-state index contributed by atoms with van der Waals surface area (Å²) in [5.74, 6) is 0.703. The van der Waals surface area contributed by atoms with Crippen LogP contribution in [0.15, 0.2) is 29.1 Å². The number of esters is 1. The number of nitrogens with zero attached hydrogens (tertiary/aromatic N) is 1. The molecule has 0 aliphatic heterocycles. The summed E-state index contributed by atoms with van der Waals surface area (Å²) >= 11 is 1.65. The number of ether oxygens (including phenoxy) is 2. The predicted molar refractivity (Wildman–Crippen MR) is 109 cm³/mol. The van der Waals surface area contributed by atoms with Crippen LogP contribution in [0.1, 0.15) is 36.6 Å². The molecular weight excluding hydrogens is 376 g/mol. The van der Waals surface area contributed by atoms with Crippen molar-refractivity contribution in [2.45, 2.75) is 39.0 Å². The molecule has 1 N–H and O–H groups in total. The third kappa shape index (κ3) is 3.80. The maximum Gasteiger partial charge on any atom is 0.344 e. The molecule has 0 spiro atoms. The number of aryl methyl sites for hydroxylation is 2. The maximum absolute atomic E-state index is 12.8. The Labute approximate surface area is 166 Å². The summed E-state index contributed by atoms with van der Waals surface area (Å²) in [5, 5.41) is 0.764. The summed E-state index contributed by atoms with van der Waals surface area (Å²) in [6, 6.07) is 7.15. The van der Waals surface area contributed by atoms with E-state index in [1.54, 1.807) is 30.4 Å². The topological polar surface area (TPSA) is 81.3 Å². The van der Waals surface area contributed by atoms with Crippen molar-refractivity contribution in [3.63, 3.8) is 0 Å². The number of carbonyl (C=O) groups is 1. The molecule has 1 aliphatic rings. The third-order valence-corrected chi connectivity index (χ3v) is 6.05. The Balaban J connectivity index is 1.59. The van der Waals surface area contributed by atoms with Crippen LogP contribution in [0.4, 0.5) is 0 Å². The van der Waals surface area contributed by atoms with E-state index in [9.17, 15) is 9.59 Å². The minimum Gasteiger partial charge on any atom is -0.482 e. The Morgan fingerprint density at radius 2 is 1.96 bits per heavy atom. The number of hydrogen-bond donors (Lipinski definition) is 1. The van der Waals surface area contributed by atoms with E-state index in [1.807, 2.05) is 12.1 Å². The van der Waals surface area contributed by atoms with E-state index in [0.717, 1.165) is 35.0 Å². The molecule has 0 bridgehead atoms. The van der Waals surface area contributed by atoms with Crippen LogP contribution in [0.2, 0.25) is 0 Å². The molecule has 6 nitrogen and oxygen atoms in total. The molecule has 0 unspecified atom stereocenters. The number of fused-ring (bicyclic) bond motifs is 3. The zero-order valence-electron chi connectivity index (χ0n) is 15.7. The third-order valence-electron chi connectivity index (χ3n) is 4.86. The molecule has 0 saturated heterocycles. The van der Waals surface area contributed by atoms with Crippen LogP contribution in [-0.2, 0) is 22.4 Å². The van der Waals surface area contributed by atoms with Crippen LogP contribution in [-0.4, -0.2) is 29.2 Å². The van der Waals surface area contributed by atoms with Crippen molar-refractivity contribution in [3.05, 3.63) is 45.1 Å². The Morgan fingerprint density at radius 3 is 2.75 bits per heavy atom. The van der Waals surface area contributed by atoms with E-state index >= 15 is 0 Å². The van der Waals surface area contributed by atoms with E-state index in [4.69, 9.17) is 14.5 Å².